The first kappa shape index (κ1) is 27.2. The maximum atomic E-state index is 13.2. The number of tetrazole rings is 1. The minimum absolute atomic E-state index is 0.334. The van der Waals surface area contributed by atoms with Gasteiger partial charge in [-0.25, -0.2) is 4.98 Å². The number of aromatic amines is 1. The molecule has 0 fully saturated rings. The highest BCUT2D eigenvalue weighted by Crippen LogP contribution is 2.32. The van der Waals surface area contributed by atoms with Crippen molar-refractivity contribution >= 4 is 51.9 Å². The minimum Gasteiger partial charge on any atom is -0.382 e. The molecule has 6 aromatic rings. The van der Waals surface area contributed by atoms with E-state index in [4.69, 9.17) is 33.9 Å². The molecule has 11 nitrogen and oxygen atoms in total. The van der Waals surface area contributed by atoms with Crippen LogP contribution in [0.4, 0.5) is 5.82 Å². The number of nitrogens with one attached hydrogen (secondary N) is 2. The number of carbonyl (C=O) groups is 1. The van der Waals surface area contributed by atoms with E-state index in [0.29, 0.717) is 45.2 Å². The normalized spacial score (nSPS) is 12.3. The molecule has 3 aromatic carbocycles. The number of hydrogen-bond acceptors (Lipinski definition) is 7. The first-order chi connectivity index (χ1) is 20.4. The highest BCUT2D eigenvalue weighted by atomic mass is 35.5. The van der Waals surface area contributed by atoms with Crippen LogP contribution in [0.2, 0.25) is 10.2 Å². The van der Waals surface area contributed by atoms with Crippen molar-refractivity contribution < 1.29 is 4.79 Å². The maximum absolute atomic E-state index is 13.2. The van der Waals surface area contributed by atoms with E-state index >= 15 is 0 Å². The van der Waals surface area contributed by atoms with Gasteiger partial charge in [0.05, 0.1) is 17.2 Å². The van der Waals surface area contributed by atoms with Gasteiger partial charge in [-0.3, -0.25) is 9.48 Å². The number of halogens is 2. The molecule has 0 unspecified atom stereocenters. The summed E-state index contributed by atoms with van der Waals surface area (Å²) in [7, 11) is 1.83. The molecule has 0 saturated heterocycles. The van der Waals surface area contributed by atoms with E-state index in [1.807, 2.05) is 55.6 Å². The Morgan fingerprint density at radius 1 is 1.12 bits per heavy atom. The molecule has 210 valence electrons. The standard InChI is InChI=1S/C29H24Cl2N10O/c1-40-24-15-19(7-10-21(24)28(32)37-40)26-27(31)36-29(35-26)22(13-17-5-3-2-4-6-17)34-25(42)12-8-18-14-20(30)9-11-23(18)41-16-33-38-39-41/h2-12,14-16,22H,13H2,1H3,(H2,32,37)(H,34,42)(H,35,36)/b12-8+/t22-/m0/s1. The van der Waals surface area contributed by atoms with Gasteiger partial charge in [-0.15, -0.1) is 5.10 Å². The molecule has 42 heavy (non-hydrogen) atoms. The zero-order valence-corrected chi connectivity index (χ0v) is 23.8. The second-order valence-corrected chi connectivity index (χ2v) is 10.4. The number of rotatable bonds is 8. The van der Waals surface area contributed by atoms with Crippen LogP contribution in [0.3, 0.4) is 0 Å². The highest BCUT2D eigenvalue weighted by molar-refractivity contribution is 6.32. The Morgan fingerprint density at radius 3 is 2.74 bits per heavy atom. The predicted octanol–water partition coefficient (Wildman–Crippen LogP) is 4.94. The van der Waals surface area contributed by atoms with Crippen molar-refractivity contribution in [3.05, 3.63) is 106 Å². The van der Waals surface area contributed by atoms with Gasteiger partial charge in [-0.2, -0.15) is 9.78 Å². The van der Waals surface area contributed by atoms with Gasteiger partial charge in [0.15, 0.2) is 5.82 Å². The lowest BCUT2D eigenvalue weighted by Gasteiger charge is -2.16. The smallest absolute Gasteiger partial charge is 0.244 e. The topological polar surface area (TPSA) is 145 Å². The summed E-state index contributed by atoms with van der Waals surface area (Å²) in [6.07, 6.45) is 5.04. The summed E-state index contributed by atoms with van der Waals surface area (Å²) >= 11 is 12.9. The van der Waals surface area contributed by atoms with Gasteiger partial charge >= 0.3 is 0 Å². The van der Waals surface area contributed by atoms with E-state index in [1.165, 1.54) is 17.1 Å². The Bertz CT molecular complexity index is 1910. The fraction of sp³-hybridized carbons (Fsp3) is 0.103. The first-order valence-electron chi connectivity index (χ1n) is 12.9. The third-order valence-electron chi connectivity index (χ3n) is 6.76. The summed E-state index contributed by atoms with van der Waals surface area (Å²) in [5.74, 6) is 0.635. The number of aromatic nitrogens is 8. The summed E-state index contributed by atoms with van der Waals surface area (Å²) in [5, 5.41) is 20.4. The lowest BCUT2D eigenvalue weighted by Crippen LogP contribution is -2.29. The predicted molar refractivity (Wildman–Crippen MR) is 162 cm³/mol. The number of nitrogens with two attached hydrogens (primary N) is 1. The molecule has 1 amide bonds. The Morgan fingerprint density at radius 2 is 1.95 bits per heavy atom. The molecule has 6 rings (SSSR count). The van der Waals surface area contributed by atoms with Crippen LogP contribution in [0.25, 0.3) is 33.9 Å². The zero-order chi connectivity index (χ0) is 29.2. The van der Waals surface area contributed by atoms with Crippen molar-refractivity contribution in [1.82, 2.24) is 45.3 Å². The van der Waals surface area contributed by atoms with Gasteiger partial charge in [0.25, 0.3) is 0 Å². The molecule has 13 heteroatoms. The van der Waals surface area contributed by atoms with Crippen LogP contribution in [-0.2, 0) is 18.3 Å². The minimum atomic E-state index is -0.509. The highest BCUT2D eigenvalue weighted by Gasteiger charge is 2.21. The number of carbonyl (C=O) groups excluding carboxylic acids is 1. The van der Waals surface area contributed by atoms with Crippen LogP contribution in [0.1, 0.15) is 23.0 Å². The number of anilines is 1. The van der Waals surface area contributed by atoms with E-state index in [2.05, 4.69) is 30.9 Å². The lowest BCUT2D eigenvalue weighted by molar-refractivity contribution is -0.117. The maximum Gasteiger partial charge on any atom is 0.244 e. The van der Waals surface area contributed by atoms with Gasteiger partial charge in [-0.05, 0) is 58.8 Å². The summed E-state index contributed by atoms with van der Waals surface area (Å²) in [6.45, 7) is 0. The Hall–Kier alpha value is -5.00. The lowest BCUT2D eigenvalue weighted by atomic mass is 10.1. The zero-order valence-electron chi connectivity index (χ0n) is 22.2. The van der Waals surface area contributed by atoms with Crippen molar-refractivity contribution in [1.29, 1.82) is 0 Å². The number of nitrogen functional groups attached to an aromatic ring is 1. The molecule has 0 saturated carbocycles. The molecule has 0 bridgehead atoms. The average molecular weight is 599 g/mol. The van der Waals surface area contributed by atoms with Crippen LogP contribution in [-0.4, -0.2) is 45.9 Å². The second-order valence-electron chi connectivity index (χ2n) is 9.57. The first-order valence-corrected chi connectivity index (χ1v) is 13.6. The number of amides is 1. The molecule has 3 heterocycles. The SMILES string of the molecule is Cn1nc(N)c2ccc(-c3nc([C@H](Cc4ccccc4)NC(=O)/C=C/c4cc(Cl)ccc4-n4cnnn4)[nH]c3Cl)cc21. The molecule has 0 radical (unpaired) electrons. The van der Waals surface area contributed by atoms with E-state index < -0.39 is 6.04 Å². The number of hydrogen-bond donors (Lipinski definition) is 3. The Balaban J connectivity index is 1.30. The van der Waals surface area contributed by atoms with Crippen LogP contribution in [0.5, 0.6) is 0 Å². The summed E-state index contributed by atoms with van der Waals surface area (Å²) in [5.41, 5.74) is 10.6. The number of imidazole rings is 1. The van der Waals surface area contributed by atoms with Crippen molar-refractivity contribution in [2.24, 2.45) is 7.05 Å². The fourth-order valence-electron chi connectivity index (χ4n) is 4.75. The van der Waals surface area contributed by atoms with E-state index in [-0.39, 0.29) is 5.91 Å². The summed E-state index contributed by atoms with van der Waals surface area (Å²) in [6, 6.07) is 20.3. The van der Waals surface area contributed by atoms with Gasteiger partial charge < -0.3 is 16.0 Å². The monoisotopic (exact) mass is 598 g/mol. The number of H-pyrrole nitrogens is 1. The molecule has 0 aliphatic rings. The van der Waals surface area contributed by atoms with Crippen LogP contribution < -0.4 is 11.1 Å². The Labute approximate surface area is 250 Å². The molecular weight excluding hydrogens is 575 g/mol. The van der Waals surface area contributed by atoms with Crippen molar-refractivity contribution in [2.75, 3.05) is 5.73 Å². The van der Waals surface area contributed by atoms with Crippen LogP contribution in [0.15, 0.2) is 79.1 Å². The summed E-state index contributed by atoms with van der Waals surface area (Å²) < 4.78 is 3.21. The van der Waals surface area contributed by atoms with Crippen molar-refractivity contribution in [3.63, 3.8) is 0 Å². The molecular formula is C29H24Cl2N10O. The third-order valence-corrected chi connectivity index (χ3v) is 7.27. The number of benzene rings is 3. The largest absolute Gasteiger partial charge is 0.382 e. The quantitative estimate of drug-likeness (QED) is 0.210. The van der Waals surface area contributed by atoms with E-state index in [9.17, 15) is 4.79 Å². The fourth-order valence-corrected chi connectivity index (χ4v) is 5.18. The van der Waals surface area contributed by atoms with Gasteiger partial charge in [0.2, 0.25) is 5.91 Å². The van der Waals surface area contributed by atoms with Gasteiger partial charge in [0, 0.05) is 34.7 Å². The van der Waals surface area contributed by atoms with Gasteiger partial charge in [-0.1, -0.05) is 59.6 Å². The van der Waals surface area contributed by atoms with E-state index in [1.54, 1.807) is 29.0 Å². The third kappa shape index (κ3) is 5.60. The molecule has 0 aliphatic carbocycles. The second kappa shape index (κ2) is 11.5. The Kier molecular flexibility index (Phi) is 7.43. The summed E-state index contributed by atoms with van der Waals surface area (Å²) in [4.78, 5) is 21.2. The van der Waals surface area contributed by atoms with E-state index in [0.717, 1.165) is 22.0 Å². The van der Waals surface area contributed by atoms with Gasteiger partial charge in [0.1, 0.15) is 23.0 Å². The van der Waals surface area contributed by atoms with Crippen LogP contribution in [0, 0.1) is 0 Å². The molecule has 1 atom stereocenters. The number of nitrogens with zero attached hydrogens (tertiary/aromatic N) is 7. The average Bonchev–Trinajstić information content (AvgIpc) is 3.72. The molecule has 0 aliphatic heterocycles. The molecule has 4 N–H and O–H groups in total. The van der Waals surface area contributed by atoms with Crippen molar-refractivity contribution in [3.8, 4) is 16.9 Å². The number of aryl methyl sites for hydroxylation is 1. The molecule has 0 spiro atoms. The molecule has 3 aromatic heterocycles. The van der Waals surface area contributed by atoms with Crippen LogP contribution >= 0.6 is 23.2 Å². The number of fused-ring (bicyclic) bond motifs is 1. The van der Waals surface area contributed by atoms with Crippen molar-refractivity contribution in [2.45, 2.75) is 12.5 Å².